The van der Waals surface area contributed by atoms with Gasteiger partial charge in [-0.2, -0.15) is 0 Å². The molecule has 0 saturated carbocycles. The van der Waals surface area contributed by atoms with E-state index in [4.69, 9.17) is 23.3 Å². The molecule has 2 aromatic carbocycles. The molecule has 0 aliphatic heterocycles. The standard InChI is InChI=1S/C20H28NO6P/c1-6-26-28(22,27-7-2)20(21-15-8-10-16(23-3)11-9-15)18-13-12-17(24-4)14-19(18)25-5/h8-14,20-21H,6-7H2,1-5H3. The second-order valence-electron chi connectivity index (χ2n) is 5.76. The van der Waals surface area contributed by atoms with Crippen LogP contribution >= 0.6 is 7.60 Å². The second kappa shape index (κ2) is 10.4. The van der Waals surface area contributed by atoms with Gasteiger partial charge in [0.15, 0.2) is 5.78 Å². The fraction of sp³-hybridized carbons (Fsp3) is 0.400. The van der Waals surface area contributed by atoms with Crippen LogP contribution in [0.4, 0.5) is 5.69 Å². The second-order valence-corrected chi connectivity index (χ2v) is 7.87. The summed E-state index contributed by atoms with van der Waals surface area (Å²) in [6.45, 7) is 4.05. The molecule has 0 aliphatic rings. The minimum atomic E-state index is -3.56. The molecule has 0 saturated heterocycles. The lowest BCUT2D eigenvalue weighted by Crippen LogP contribution is -2.16. The highest BCUT2D eigenvalue weighted by molar-refractivity contribution is 7.54. The zero-order valence-electron chi connectivity index (χ0n) is 16.9. The first-order valence-corrected chi connectivity index (χ1v) is 10.6. The van der Waals surface area contributed by atoms with Crippen molar-refractivity contribution in [3.05, 3.63) is 48.0 Å². The van der Waals surface area contributed by atoms with E-state index in [1.54, 1.807) is 53.4 Å². The number of rotatable bonds is 11. The van der Waals surface area contributed by atoms with Gasteiger partial charge in [0, 0.05) is 17.3 Å². The monoisotopic (exact) mass is 409 g/mol. The molecule has 2 rings (SSSR count). The molecule has 0 spiro atoms. The van der Waals surface area contributed by atoms with E-state index in [1.807, 2.05) is 24.3 Å². The highest BCUT2D eigenvalue weighted by Crippen LogP contribution is 2.62. The summed E-state index contributed by atoms with van der Waals surface area (Å²) >= 11 is 0. The molecule has 154 valence electrons. The van der Waals surface area contributed by atoms with Gasteiger partial charge in [0.25, 0.3) is 0 Å². The van der Waals surface area contributed by atoms with Crippen LogP contribution in [0.1, 0.15) is 25.2 Å². The van der Waals surface area contributed by atoms with E-state index in [0.717, 1.165) is 11.4 Å². The Morgan fingerprint density at radius 2 is 1.43 bits per heavy atom. The zero-order chi connectivity index (χ0) is 20.6. The number of ether oxygens (including phenoxy) is 3. The maximum Gasteiger partial charge on any atom is 0.357 e. The lowest BCUT2D eigenvalue weighted by Gasteiger charge is -2.29. The van der Waals surface area contributed by atoms with E-state index in [-0.39, 0.29) is 13.2 Å². The maximum atomic E-state index is 13.6. The molecule has 8 heteroatoms. The Morgan fingerprint density at radius 1 is 0.857 bits per heavy atom. The molecular weight excluding hydrogens is 381 g/mol. The van der Waals surface area contributed by atoms with Crippen LogP contribution < -0.4 is 19.5 Å². The van der Waals surface area contributed by atoms with E-state index in [2.05, 4.69) is 5.32 Å². The Kier molecular flexibility index (Phi) is 8.18. The first-order chi connectivity index (χ1) is 13.5. The van der Waals surface area contributed by atoms with Crippen molar-refractivity contribution in [2.24, 2.45) is 0 Å². The number of nitrogens with one attached hydrogen (secondary N) is 1. The summed E-state index contributed by atoms with van der Waals surface area (Å²) in [6, 6.07) is 12.6. The minimum Gasteiger partial charge on any atom is -0.497 e. The lowest BCUT2D eigenvalue weighted by atomic mass is 10.1. The maximum absolute atomic E-state index is 13.6. The van der Waals surface area contributed by atoms with Crippen molar-refractivity contribution < 1.29 is 27.8 Å². The normalized spacial score (nSPS) is 12.3. The smallest absolute Gasteiger partial charge is 0.357 e. The van der Waals surface area contributed by atoms with Crippen molar-refractivity contribution >= 4 is 13.3 Å². The Bertz CT molecular complexity index is 786. The summed E-state index contributed by atoms with van der Waals surface area (Å²) in [4.78, 5) is 0. The van der Waals surface area contributed by atoms with E-state index in [9.17, 15) is 4.57 Å². The predicted molar refractivity (Wildman–Crippen MR) is 110 cm³/mol. The van der Waals surface area contributed by atoms with Crippen molar-refractivity contribution in [1.82, 2.24) is 0 Å². The van der Waals surface area contributed by atoms with Crippen LogP contribution in [0.2, 0.25) is 0 Å². The summed E-state index contributed by atoms with van der Waals surface area (Å²) in [5, 5.41) is 3.28. The van der Waals surface area contributed by atoms with Crippen LogP contribution in [0, 0.1) is 0 Å². The highest BCUT2D eigenvalue weighted by Gasteiger charge is 2.39. The third-order valence-corrected chi connectivity index (χ3v) is 6.34. The van der Waals surface area contributed by atoms with Crippen molar-refractivity contribution in [1.29, 1.82) is 0 Å². The van der Waals surface area contributed by atoms with Crippen molar-refractivity contribution in [2.75, 3.05) is 39.9 Å². The van der Waals surface area contributed by atoms with Gasteiger partial charge in [-0.05, 0) is 50.2 Å². The van der Waals surface area contributed by atoms with Crippen LogP contribution in [-0.4, -0.2) is 34.5 Å². The van der Waals surface area contributed by atoms with E-state index < -0.39 is 13.4 Å². The van der Waals surface area contributed by atoms with Crippen molar-refractivity contribution in [2.45, 2.75) is 19.6 Å². The van der Waals surface area contributed by atoms with E-state index in [1.165, 1.54) is 0 Å². The van der Waals surface area contributed by atoms with Gasteiger partial charge in [0.05, 0.1) is 34.5 Å². The molecule has 1 unspecified atom stereocenters. The summed E-state index contributed by atoms with van der Waals surface area (Å²) in [5.74, 6) is 1.10. The zero-order valence-corrected chi connectivity index (χ0v) is 17.8. The molecular formula is C20H28NO6P. The Labute approximate surface area is 166 Å². The molecule has 1 atom stereocenters. The SMILES string of the molecule is CCOP(=O)(OCC)C(Nc1ccc(OC)cc1)c1ccc(OC)cc1OC. The molecule has 0 radical (unpaired) electrons. The topological polar surface area (TPSA) is 75.3 Å². The summed E-state index contributed by atoms with van der Waals surface area (Å²) in [5.41, 5.74) is 1.38. The molecule has 1 N–H and O–H groups in total. The Morgan fingerprint density at radius 3 is 1.93 bits per heavy atom. The van der Waals surface area contributed by atoms with Gasteiger partial charge in [0.2, 0.25) is 0 Å². The number of methoxy groups -OCH3 is 3. The molecule has 0 fully saturated rings. The average molecular weight is 409 g/mol. The van der Waals surface area contributed by atoms with Gasteiger partial charge in [-0.1, -0.05) is 0 Å². The predicted octanol–water partition coefficient (Wildman–Crippen LogP) is 5.09. The summed E-state index contributed by atoms with van der Waals surface area (Å²) in [6.07, 6.45) is 0. The Hall–Kier alpha value is -2.21. The fourth-order valence-corrected chi connectivity index (χ4v) is 4.72. The van der Waals surface area contributed by atoms with Crippen LogP contribution in [-0.2, 0) is 13.6 Å². The molecule has 7 nitrogen and oxygen atoms in total. The molecule has 0 amide bonds. The largest absolute Gasteiger partial charge is 0.497 e. The number of anilines is 1. The van der Waals surface area contributed by atoms with Crippen LogP contribution in [0.15, 0.2) is 42.5 Å². The fourth-order valence-electron chi connectivity index (χ4n) is 2.76. The van der Waals surface area contributed by atoms with Crippen LogP contribution in [0.5, 0.6) is 17.2 Å². The van der Waals surface area contributed by atoms with Gasteiger partial charge < -0.3 is 28.6 Å². The van der Waals surface area contributed by atoms with E-state index in [0.29, 0.717) is 17.1 Å². The summed E-state index contributed by atoms with van der Waals surface area (Å²) in [7, 11) is 1.17. The first-order valence-electron chi connectivity index (χ1n) is 9.02. The van der Waals surface area contributed by atoms with Gasteiger partial charge in [-0.3, -0.25) is 4.57 Å². The molecule has 0 bridgehead atoms. The Balaban J connectivity index is 2.52. The first kappa shape index (κ1) is 22.1. The quantitative estimate of drug-likeness (QED) is 0.518. The van der Waals surface area contributed by atoms with Crippen molar-refractivity contribution in [3.8, 4) is 17.2 Å². The van der Waals surface area contributed by atoms with Gasteiger partial charge >= 0.3 is 7.60 Å². The number of benzene rings is 2. The number of hydrogen-bond donors (Lipinski definition) is 1. The average Bonchev–Trinajstić information content (AvgIpc) is 2.72. The van der Waals surface area contributed by atoms with Gasteiger partial charge in [-0.25, -0.2) is 0 Å². The minimum absolute atomic E-state index is 0.247. The molecule has 2 aromatic rings. The van der Waals surface area contributed by atoms with Gasteiger partial charge in [-0.15, -0.1) is 0 Å². The number of hydrogen-bond acceptors (Lipinski definition) is 7. The van der Waals surface area contributed by atoms with Crippen molar-refractivity contribution in [3.63, 3.8) is 0 Å². The molecule has 28 heavy (non-hydrogen) atoms. The summed E-state index contributed by atoms with van der Waals surface area (Å²) < 4.78 is 40.9. The lowest BCUT2D eigenvalue weighted by molar-refractivity contribution is 0.213. The third kappa shape index (κ3) is 5.19. The van der Waals surface area contributed by atoms with Crippen LogP contribution in [0.3, 0.4) is 0 Å². The van der Waals surface area contributed by atoms with Crippen LogP contribution in [0.25, 0.3) is 0 Å². The molecule has 0 heterocycles. The highest BCUT2D eigenvalue weighted by atomic mass is 31.2. The molecule has 0 aliphatic carbocycles. The molecule has 0 aromatic heterocycles. The van der Waals surface area contributed by atoms with E-state index >= 15 is 0 Å². The third-order valence-electron chi connectivity index (χ3n) is 4.06. The van der Waals surface area contributed by atoms with Gasteiger partial charge in [0.1, 0.15) is 17.2 Å².